The van der Waals surface area contributed by atoms with Gasteiger partial charge in [-0.25, -0.2) is 4.39 Å². The van der Waals surface area contributed by atoms with E-state index in [-0.39, 0.29) is 34.6 Å². The Morgan fingerprint density at radius 2 is 1.88 bits per heavy atom. The van der Waals surface area contributed by atoms with Crippen LogP contribution in [0.1, 0.15) is 24.4 Å². The molecule has 92 valence electrons. The monoisotopic (exact) mass is 287 g/mol. The third kappa shape index (κ3) is 3.75. The first-order valence-corrected chi connectivity index (χ1v) is 5.33. The smallest absolute Gasteiger partial charge is 0.148 e. The van der Waals surface area contributed by atoms with Gasteiger partial charge in [0, 0.05) is 23.2 Å². The molecular weight excluding hydrogens is 275 g/mol. The zero-order valence-corrected chi connectivity index (χ0v) is 10.7. The Morgan fingerprint density at radius 3 is 2.44 bits per heavy atom. The molecular formula is C10H13Cl3FNO. The van der Waals surface area contributed by atoms with Gasteiger partial charge in [-0.1, -0.05) is 23.2 Å². The highest BCUT2D eigenvalue weighted by Gasteiger charge is 2.17. The second-order valence-electron chi connectivity index (χ2n) is 3.23. The number of hydrogen-bond donors (Lipinski definition) is 2. The average Bonchev–Trinajstić information content (AvgIpc) is 2.21. The van der Waals surface area contributed by atoms with Crippen molar-refractivity contribution in [2.24, 2.45) is 5.73 Å². The normalized spacial score (nSPS) is 12.1. The van der Waals surface area contributed by atoms with Crippen molar-refractivity contribution in [3.63, 3.8) is 0 Å². The van der Waals surface area contributed by atoms with Gasteiger partial charge in [0.25, 0.3) is 0 Å². The Kier molecular flexibility index (Phi) is 7.27. The summed E-state index contributed by atoms with van der Waals surface area (Å²) in [6.45, 7) is 0.0213. The molecule has 1 aromatic carbocycles. The third-order valence-corrected chi connectivity index (χ3v) is 2.74. The molecule has 0 amide bonds. The van der Waals surface area contributed by atoms with Gasteiger partial charge < -0.3 is 10.8 Å². The van der Waals surface area contributed by atoms with Crippen LogP contribution in [-0.4, -0.2) is 11.7 Å². The molecule has 0 saturated carbocycles. The van der Waals surface area contributed by atoms with Crippen LogP contribution >= 0.6 is 35.6 Å². The van der Waals surface area contributed by atoms with E-state index in [2.05, 4.69) is 0 Å². The summed E-state index contributed by atoms with van der Waals surface area (Å²) < 4.78 is 13.6. The first-order valence-electron chi connectivity index (χ1n) is 4.57. The van der Waals surface area contributed by atoms with Gasteiger partial charge in [-0.2, -0.15) is 0 Å². The summed E-state index contributed by atoms with van der Waals surface area (Å²) in [7, 11) is 0. The molecule has 0 aliphatic heterocycles. The number of benzene rings is 1. The summed E-state index contributed by atoms with van der Waals surface area (Å²) >= 11 is 11.5. The Morgan fingerprint density at radius 1 is 1.31 bits per heavy atom. The topological polar surface area (TPSA) is 46.2 Å². The summed E-state index contributed by atoms with van der Waals surface area (Å²) in [6, 6.07) is 2.37. The van der Waals surface area contributed by atoms with Crippen LogP contribution in [-0.2, 0) is 0 Å². The Hall–Kier alpha value is -0.0600. The lowest BCUT2D eigenvalue weighted by Crippen LogP contribution is -2.13. The molecule has 6 heteroatoms. The molecule has 0 fully saturated rings. The molecule has 1 atom stereocenters. The van der Waals surface area contributed by atoms with E-state index in [1.54, 1.807) is 0 Å². The van der Waals surface area contributed by atoms with E-state index < -0.39 is 11.9 Å². The second-order valence-corrected chi connectivity index (χ2v) is 4.04. The lowest BCUT2D eigenvalue weighted by atomic mass is 10.0. The van der Waals surface area contributed by atoms with Crippen LogP contribution in [0.25, 0.3) is 0 Å². The van der Waals surface area contributed by atoms with Crippen molar-refractivity contribution in [1.29, 1.82) is 0 Å². The quantitative estimate of drug-likeness (QED) is 0.835. The molecule has 0 unspecified atom stereocenters. The molecule has 0 radical (unpaired) electrons. The highest BCUT2D eigenvalue weighted by molar-refractivity contribution is 6.33. The van der Waals surface area contributed by atoms with Crippen LogP contribution in [0.2, 0.25) is 10.0 Å². The molecule has 0 saturated heterocycles. The van der Waals surface area contributed by atoms with Crippen LogP contribution in [0.4, 0.5) is 4.39 Å². The van der Waals surface area contributed by atoms with Crippen molar-refractivity contribution >= 4 is 35.6 Å². The molecule has 1 aromatic rings. The van der Waals surface area contributed by atoms with E-state index in [9.17, 15) is 4.39 Å². The maximum absolute atomic E-state index is 13.6. The zero-order valence-electron chi connectivity index (χ0n) is 8.42. The lowest BCUT2D eigenvalue weighted by molar-refractivity contribution is 0.279. The molecule has 0 aliphatic carbocycles. The Bertz CT molecular complexity index is 349. The highest BCUT2D eigenvalue weighted by Crippen LogP contribution is 2.31. The SMILES string of the molecule is Cl.N[C@@H](CCCO)c1c(Cl)ccc(Cl)c1F. The predicted molar refractivity (Wildman–Crippen MR) is 66.9 cm³/mol. The summed E-state index contributed by atoms with van der Waals surface area (Å²) in [5.74, 6) is -0.574. The third-order valence-electron chi connectivity index (χ3n) is 2.12. The van der Waals surface area contributed by atoms with Gasteiger partial charge in [0.2, 0.25) is 0 Å². The largest absolute Gasteiger partial charge is 0.396 e. The molecule has 3 N–H and O–H groups in total. The van der Waals surface area contributed by atoms with Crippen molar-refractivity contribution in [2.45, 2.75) is 18.9 Å². The Balaban J connectivity index is 0.00000225. The minimum absolute atomic E-state index is 0. The fourth-order valence-corrected chi connectivity index (χ4v) is 1.79. The van der Waals surface area contributed by atoms with Crippen LogP contribution in [0.15, 0.2) is 12.1 Å². The molecule has 2 nitrogen and oxygen atoms in total. The zero-order chi connectivity index (χ0) is 11.4. The van der Waals surface area contributed by atoms with Gasteiger partial charge in [0.05, 0.1) is 5.02 Å². The van der Waals surface area contributed by atoms with Gasteiger partial charge in [-0.15, -0.1) is 12.4 Å². The fourth-order valence-electron chi connectivity index (χ4n) is 1.34. The van der Waals surface area contributed by atoms with Crippen LogP contribution in [0.3, 0.4) is 0 Å². The minimum atomic E-state index is -0.574. The molecule has 0 heterocycles. The van der Waals surface area contributed by atoms with Gasteiger partial charge in [0.15, 0.2) is 0 Å². The number of aliphatic hydroxyl groups is 1. The molecule has 0 aromatic heterocycles. The summed E-state index contributed by atoms with van der Waals surface area (Å²) in [5.41, 5.74) is 5.98. The van der Waals surface area contributed by atoms with Crippen LogP contribution < -0.4 is 5.73 Å². The van der Waals surface area contributed by atoms with Crippen molar-refractivity contribution < 1.29 is 9.50 Å². The maximum Gasteiger partial charge on any atom is 0.148 e. The van der Waals surface area contributed by atoms with Crippen molar-refractivity contribution in [3.8, 4) is 0 Å². The number of rotatable bonds is 4. The predicted octanol–water partition coefficient (Wildman–Crippen LogP) is 3.33. The molecule has 0 bridgehead atoms. The summed E-state index contributed by atoms with van der Waals surface area (Å²) in [6.07, 6.45) is 0.969. The maximum atomic E-state index is 13.6. The summed E-state index contributed by atoms with van der Waals surface area (Å²) in [5, 5.41) is 8.92. The second kappa shape index (κ2) is 7.30. The lowest BCUT2D eigenvalue weighted by Gasteiger charge is -2.14. The number of aliphatic hydroxyl groups excluding tert-OH is 1. The van der Waals surface area contributed by atoms with E-state index in [0.29, 0.717) is 12.8 Å². The number of nitrogens with two attached hydrogens (primary N) is 1. The molecule has 0 spiro atoms. The molecule has 0 aliphatic rings. The van der Waals surface area contributed by atoms with Gasteiger partial charge in [0.1, 0.15) is 5.82 Å². The number of hydrogen-bond acceptors (Lipinski definition) is 2. The van der Waals surface area contributed by atoms with E-state index in [1.807, 2.05) is 0 Å². The van der Waals surface area contributed by atoms with Gasteiger partial charge in [-0.3, -0.25) is 0 Å². The minimum Gasteiger partial charge on any atom is -0.396 e. The molecule has 16 heavy (non-hydrogen) atoms. The standard InChI is InChI=1S/C10H12Cl2FNO.ClH/c11-6-3-4-7(12)10(13)9(6)8(14)2-1-5-15;/h3-4,8,15H,1-2,5,14H2;1H/t8-;/m0./s1. The van der Waals surface area contributed by atoms with Gasteiger partial charge in [-0.05, 0) is 25.0 Å². The number of halogens is 4. The van der Waals surface area contributed by atoms with E-state index in [0.717, 1.165) is 0 Å². The molecule has 1 rings (SSSR count). The van der Waals surface area contributed by atoms with E-state index in [1.165, 1.54) is 12.1 Å². The first kappa shape index (κ1) is 15.9. The van der Waals surface area contributed by atoms with E-state index in [4.69, 9.17) is 34.0 Å². The van der Waals surface area contributed by atoms with Crippen molar-refractivity contribution in [1.82, 2.24) is 0 Å². The first-order chi connectivity index (χ1) is 7.07. The fraction of sp³-hybridized carbons (Fsp3) is 0.400. The van der Waals surface area contributed by atoms with Crippen molar-refractivity contribution in [3.05, 3.63) is 33.6 Å². The van der Waals surface area contributed by atoms with Crippen LogP contribution in [0.5, 0.6) is 0 Å². The van der Waals surface area contributed by atoms with Crippen molar-refractivity contribution in [2.75, 3.05) is 6.61 Å². The van der Waals surface area contributed by atoms with E-state index >= 15 is 0 Å². The summed E-state index contributed by atoms with van der Waals surface area (Å²) in [4.78, 5) is 0. The average molecular weight is 289 g/mol. The highest BCUT2D eigenvalue weighted by atomic mass is 35.5. The van der Waals surface area contributed by atoms with Crippen LogP contribution in [0, 0.1) is 5.82 Å². The Labute approximate surface area is 110 Å². The van der Waals surface area contributed by atoms with Gasteiger partial charge >= 0.3 is 0 Å².